The summed E-state index contributed by atoms with van der Waals surface area (Å²) in [6, 6.07) is 14.4. The van der Waals surface area contributed by atoms with Gasteiger partial charge in [0.2, 0.25) is 10.0 Å². The number of nitrogens with one attached hydrogen (secondary N) is 2. The number of hydrogen-bond donors (Lipinski definition) is 2. The van der Waals surface area contributed by atoms with Crippen molar-refractivity contribution in [1.29, 1.82) is 0 Å². The lowest BCUT2D eigenvalue weighted by atomic mass is 10.0. The van der Waals surface area contributed by atoms with Crippen LogP contribution in [-0.4, -0.2) is 45.1 Å². The van der Waals surface area contributed by atoms with Crippen LogP contribution in [0.25, 0.3) is 0 Å². The summed E-state index contributed by atoms with van der Waals surface area (Å²) in [5, 5.41) is 3.28. The van der Waals surface area contributed by atoms with Gasteiger partial charge >= 0.3 is 0 Å². The second-order valence-corrected chi connectivity index (χ2v) is 8.61. The number of amides is 1. The topological polar surface area (TPSA) is 78.5 Å². The molecular formula is C20H26ClN3O3S. The molecule has 8 heteroatoms. The summed E-state index contributed by atoms with van der Waals surface area (Å²) in [4.78, 5) is 15.1. The van der Waals surface area contributed by atoms with E-state index in [0.717, 1.165) is 24.9 Å². The molecule has 1 unspecified atom stereocenters. The van der Waals surface area contributed by atoms with Gasteiger partial charge in [-0.25, -0.2) is 8.42 Å². The SMILES string of the molecule is CCN(CC)C(CNC(=O)c1cc(Cl)ccc1NS(C)(=O)=O)c1ccccc1. The molecule has 0 aliphatic heterocycles. The maximum Gasteiger partial charge on any atom is 0.253 e. The molecule has 0 spiro atoms. The van der Waals surface area contributed by atoms with E-state index in [4.69, 9.17) is 11.6 Å². The molecule has 2 aromatic rings. The van der Waals surface area contributed by atoms with Crippen LogP contribution in [0.2, 0.25) is 5.02 Å². The van der Waals surface area contributed by atoms with Crippen molar-refractivity contribution in [2.75, 3.05) is 30.6 Å². The third-order valence-corrected chi connectivity index (χ3v) is 5.24. The normalized spacial score (nSPS) is 12.6. The molecule has 6 nitrogen and oxygen atoms in total. The van der Waals surface area contributed by atoms with Crippen LogP contribution in [0.3, 0.4) is 0 Å². The third-order valence-electron chi connectivity index (χ3n) is 4.42. The highest BCUT2D eigenvalue weighted by Crippen LogP contribution is 2.23. The zero-order valence-corrected chi connectivity index (χ0v) is 17.8. The van der Waals surface area contributed by atoms with Gasteiger partial charge < -0.3 is 5.32 Å². The van der Waals surface area contributed by atoms with Crippen LogP contribution in [0, 0.1) is 0 Å². The Morgan fingerprint density at radius 1 is 1.11 bits per heavy atom. The monoisotopic (exact) mass is 423 g/mol. The van der Waals surface area contributed by atoms with Crippen molar-refractivity contribution in [1.82, 2.24) is 10.2 Å². The van der Waals surface area contributed by atoms with Gasteiger partial charge in [-0.15, -0.1) is 0 Å². The molecule has 0 saturated carbocycles. The number of halogens is 1. The minimum atomic E-state index is -3.52. The summed E-state index contributed by atoms with van der Waals surface area (Å²) in [7, 11) is -3.52. The number of sulfonamides is 1. The third kappa shape index (κ3) is 6.22. The molecule has 1 atom stereocenters. The highest BCUT2D eigenvalue weighted by molar-refractivity contribution is 7.92. The second kappa shape index (κ2) is 9.91. The van der Waals surface area contributed by atoms with Crippen molar-refractivity contribution >= 4 is 33.2 Å². The Labute approximate surface area is 171 Å². The molecule has 0 radical (unpaired) electrons. The summed E-state index contributed by atoms with van der Waals surface area (Å²) >= 11 is 6.02. The fourth-order valence-electron chi connectivity index (χ4n) is 3.08. The molecular weight excluding hydrogens is 398 g/mol. The first-order valence-corrected chi connectivity index (χ1v) is 11.4. The first-order chi connectivity index (χ1) is 13.2. The minimum Gasteiger partial charge on any atom is -0.350 e. The summed E-state index contributed by atoms with van der Waals surface area (Å²) < 4.78 is 25.6. The molecule has 152 valence electrons. The van der Waals surface area contributed by atoms with E-state index in [1.165, 1.54) is 18.2 Å². The molecule has 0 fully saturated rings. The summed E-state index contributed by atoms with van der Waals surface area (Å²) in [6.45, 7) is 6.21. The Kier molecular flexibility index (Phi) is 7.86. The molecule has 28 heavy (non-hydrogen) atoms. The van der Waals surface area contributed by atoms with Crippen LogP contribution in [-0.2, 0) is 10.0 Å². The first kappa shape index (κ1) is 22.2. The van der Waals surface area contributed by atoms with E-state index in [2.05, 4.69) is 28.8 Å². The Bertz CT molecular complexity index is 900. The number of carbonyl (C=O) groups is 1. The van der Waals surface area contributed by atoms with Crippen molar-refractivity contribution < 1.29 is 13.2 Å². The van der Waals surface area contributed by atoms with Crippen LogP contribution >= 0.6 is 11.6 Å². The fraction of sp³-hybridized carbons (Fsp3) is 0.350. The van der Waals surface area contributed by atoms with Gasteiger partial charge in [-0.2, -0.15) is 0 Å². The number of rotatable bonds is 9. The number of hydrogen-bond acceptors (Lipinski definition) is 4. The van der Waals surface area contributed by atoms with E-state index in [0.29, 0.717) is 11.6 Å². The first-order valence-electron chi connectivity index (χ1n) is 9.09. The zero-order valence-electron chi connectivity index (χ0n) is 16.3. The molecule has 1 amide bonds. The van der Waals surface area contributed by atoms with E-state index in [-0.39, 0.29) is 23.2 Å². The molecule has 0 heterocycles. The molecule has 2 rings (SSSR count). The van der Waals surface area contributed by atoms with Crippen LogP contribution < -0.4 is 10.0 Å². The van der Waals surface area contributed by atoms with Gasteiger partial charge in [0, 0.05) is 11.6 Å². The fourth-order valence-corrected chi connectivity index (χ4v) is 3.82. The van der Waals surface area contributed by atoms with Gasteiger partial charge in [0.15, 0.2) is 0 Å². The Balaban J connectivity index is 2.24. The van der Waals surface area contributed by atoms with E-state index in [1.54, 1.807) is 0 Å². The maximum absolute atomic E-state index is 12.8. The number of anilines is 1. The van der Waals surface area contributed by atoms with Crippen LogP contribution in [0.5, 0.6) is 0 Å². The molecule has 0 aromatic heterocycles. The predicted octanol–water partition coefficient (Wildman–Crippen LogP) is 3.52. The Hall–Kier alpha value is -2.09. The highest BCUT2D eigenvalue weighted by Gasteiger charge is 2.20. The van der Waals surface area contributed by atoms with Crippen molar-refractivity contribution in [2.45, 2.75) is 19.9 Å². The zero-order chi connectivity index (χ0) is 20.7. The van der Waals surface area contributed by atoms with E-state index in [1.807, 2.05) is 30.3 Å². The molecule has 0 aliphatic carbocycles. The molecule has 0 bridgehead atoms. The van der Waals surface area contributed by atoms with Gasteiger partial charge in [0.05, 0.1) is 23.5 Å². The Morgan fingerprint density at radius 3 is 2.32 bits per heavy atom. The molecule has 2 aromatic carbocycles. The smallest absolute Gasteiger partial charge is 0.253 e. The Morgan fingerprint density at radius 2 is 1.75 bits per heavy atom. The number of benzene rings is 2. The van der Waals surface area contributed by atoms with Gasteiger partial charge in [-0.1, -0.05) is 55.8 Å². The lowest BCUT2D eigenvalue weighted by Gasteiger charge is -2.30. The predicted molar refractivity (Wildman–Crippen MR) is 114 cm³/mol. The quantitative estimate of drug-likeness (QED) is 0.646. The van der Waals surface area contributed by atoms with Gasteiger partial charge in [0.1, 0.15) is 0 Å². The van der Waals surface area contributed by atoms with E-state index in [9.17, 15) is 13.2 Å². The lowest BCUT2D eigenvalue weighted by molar-refractivity contribution is 0.0936. The summed E-state index contributed by atoms with van der Waals surface area (Å²) in [6.07, 6.45) is 1.04. The minimum absolute atomic E-state index is 0.00523. The van der Waals surface area contributed by atoms with E-state index >= 15 is 0 Å². The van der Waals surface area contributed by atoms with Crippen LogP contribution in [0.15, 0.2) is 48.5 Å². The lowest BCUT2D eigenvalue weighted by Crippen LogP contribution is -2.38. The van der Waals surface area contributed by atoms with Crippen molar-refractivity contribution in [3.8, 4) is 0 Å². The molecule has 0 saturated heterocycles. The largest absolute Gasteiger partial charge is 0.350 e. The van der Waals surface area contributed by atoms with Gasteiger partial charge in [0.25, 0.3) is 5.91 Å². The number of nitrogens with zero attached hydrogens (tertiary/aromatic N) is 1. The van der Waals surface area contributed by atoms with E-state index < -0.39 is 10.0 Å². The van der Waals surface area contributed by atoms with Gasteiger partial charge in [-0.3, -0.25) is 14.4 Å². The average Bonchev–Trinajstić information content (AvgIpc) is 2.66. The summed E-state index contributed by atoms with van der Waals surface area (Å²) in [5.74, 6) is -0.387. The van der Waals surface area contributed by atoms with Crippen molar-refractivity contribution in [3.63, 3.8) is 0 Å². The standard InChI is InChI=1S/C20H26ClN3O3S/c1-4-24(5-2)19(15-9-7-6-8-10-15)14-22-20(25)17-13-16(21)11-12-18(17)23-28(3,26)27/h6-13,19,23H,4-5,14H2,1-3H3,(H,22,25). The average molecular weight is 424 g/mol. The van der Waals surface area contributed by atoms with Crippen molar-refractivity contribution in [2.24, 2.45) is 0 Å². The van der Waals surface area contributed by atoms with Crippen molar-refractivity contribution in [3.05, 3.63) is 64.7 Å². The summed E-state index contributed by atoms with van der Waals surface area (Å²) in [5.41, 5.74) is 1.49. The highest BCUT2D eigenvalue weighted by atomic mass is 35.5. The maximum atomic E-state index is 12.8. The number of carbonyl (C=O) groups excluding carboxylic acids is 1. The number of likely N-dealkylation sites (N-methyl/N-ethyl adjacent to an activating group) is 1. The van der Waals surface area contributed by atoms with Crippen LogP contribution in [0.4, 0.5) is 5.69 Å². The van der Waals surface area contributed by atoms with Gasteiger partial charge in [-0.05, 0) is 36.9 Å². The van der Waals surface area contributed by atoms with Crippen LogP contribution in [0.1, 0.15) is 35.8 Å². The second-order valence-electron chi connectivity index (χ2n) is 6.42. The molecule has 2 N–H and O–H groups in total. The molecule has 0 aliphatic rings.